The molecule has 1 atom stereocenters. The number of benzene rings is 1. The number of methoxy groups -OCH3 is 1. The number of Topliss-reactive ketones (excluding diaryl/α,β-unsaturated/α-hetero) is 1. The van der Waals surface area contributed by atoms with Crippen LogP contribution >= 0.6 is 0 Å². The van der Waals surface area contributed by atoms with E-state index in [9.17, 15) is 14.7 Å². The molecule has 4 rings (SSSR count). The Labute approximate surface area is 174 Å². The summed E-state index contributed by atoms with van der Waals surface area (Å²) >= 11 is 0. The van der Waals surface area contributed by atoms with Crippen LogP contribution < -0.4 is 4.74 Å². The summed E-state index contributed by atoms with van der Waals surface area (Å²) in [6, 6.07) is 8.22. The highest BCUT2D eigenvalue weighted by atomic mass is 16.5. The van der Waals surface area contributed by atoms with Gasteiger partial charge in [0, 0.05) is 38.2 Å². The fourth-order valence-electron chi connectivity index (χ4n) is 4.04. The summed E-state index contributed by atoms with van der Waals surface area (Å²) < 4.78 is 10.7. The summed E-state index contributed by atoms with van der Waals surface area (Å²) in [4.78, 5) is 31.4. The highest BCUT2D eigenvalue weighted by Crippen LogP contribution is 2.40. The van der Waals surface area contributed by atoms with Crippen molar-refractivity contribution in [2.75, 3.05) is 26.9 Å². The van der Waals surface area contributed by atoms with Gasteiger partial charge in [0.1, 0.15) is 11.5 Å². The Balaban J connectivity index is 1.79. The highest BCUT2D eigenvalue weighted by molar-refractivity contribution is 6.46. The minimum absolute atomic E-state index is 0.0853. The number of aliphatic hydroxyl groups is 1. The van der Waals surface area contributed by atoms with Gasteiger partial charge in [-0.05, 0) is 54.7 Å². The zero-order valence-corrected chi connectivity index (χ0v) is 16.8. The Hall–Kier alpha value is -3.19. The van der Waals surface area contributed by atoms with Crippen LogP contribution in [0, 0.1) is 0 Å². The van der Waals surface area contributed by atoms with Crippen LogP contribution in [0.2, 0.25) is 0 Å². The van der Waals surface area contributed by atoms with Crippen molar-refractivity contribution in [2.24, 2.45) is 0 Å². The molecule has 0 bridgehead atoms. The largest absolute Gasteiger partial charge is 0.507 e. The van der Waals surface area contributed by atoms with E-state index in [1.807, 2.05) is 6.07 Å². The molecule has 1 amide bonds. The van der Waals surface area contributed by atoms with Crippen molar-refractivity contribution < 1.29 is 24.2 Å². The lowest BCUT2D eigenvalue weighted by molar-refractivity contribution is -0.140. The molecule has 1 N–H and O–H groups in total. The molecule has 1 aromatic heterocycles. The maximum absolute atomic E-state index is 13.0. The number of fused-ring (bicyclic) bond motifs is 1. The van der Waals surface area contributed by atoms with Gasteiger partial charge >= 0.3 is 0 Å². The smallest absolute Gasteiger partial charge is 0.295 e. The molecule has 1 unspecified atom stereocenters. The number of amides is 1. The highest BCUT2D eigenvalue weighted by Gasteiger charge is 2.45. The molecule has 0 aliphatic carbocycles. The number of pyridine rings is 1. The fourth-order valence-corrected chi connectivity index (χ4v) is 4.04. The van der Waals surface area contributed by atoms with E-state index in [0.29, 0.717) is 37.3 Å². The van der Waals surface area contributed by atoms with E-state index in [0.717, 1.165) is 24.2 Å². The Morgan fingerprint density at radius 3 is 2.97 bits per heavy atom. The van der Waals surface area contributed by atoms with Crippen molar-refractivity contribution in [1.82, 2.24) is 9.88 Å². The minimum atomic E-state index is -0.692. The molecule has 7 heteroatoms. The number of hydrogen-bond donors (Lipinski definition) is 1. The summed E-state index contributed by atoms with van der Waals surface area (Å²) in [6.07, 6.45) is 5.57. The second kappa shape index (κ2) is 8.67. The van der Waals surface area contributed by atoms with Crippen LogP contribution in [0.5, 0.6) is 5.75 Å². The van der Waals surface area contributed by atoms with Gasteiger partial charge in [0.05, 0.1) is 18.2 Å². The standard InChI is InChI=1S/C23H24N2O5/c1-29-11-4-10-25-20(17-5-2-9-24-14-17)19(22(27)23(25)28)21(26)16-7-8-18-15(13-16)6-3-12-30-18/h2,5,7-9,13-14,20,26H,3-4,6,10-12H2,1H3/b21-19-. The van der Waals surface area contributed by atoms with Gasteiger partial charge in [-0.15, -0.1) is 0 Å². The van der Waals surface area contributed by atoms with Crippen LogP contribution in [0.25, 0.3) is 5.76 Å². The molecule has 156 valence electrons. The third kappa shape index (κ3) is 3.68. The van der Waals surface area contributed by atoms with Crippen LogP contribution in [-0.4, -0.2) is 53.5 Å². The number of aliphatic hydroxyl groups excluding tert-OH is 1. The molecule has 0 spiro atoms. The van der Waals surface area contributed by atoms with Crippen LogP contribution in [0.4, 0.5) is 0 Å². The van der Waals surface area contributed by atoms with Crippen molar-refractivity contribution in [1.29, 1.82) is 0 Å². The number of nitrogens with zero attached hydrogens (tertiary/aromatic N) is 2. The van der Waals surface area contributed by atoms with E-state index in [2.05, 4.69) is 4.98 Å². The average molecular weight is 408 g/mol. The number of aromatic nitrogens is 1. The molecule has 7 nitrogen and oxygen atoms in total. The third-order valence-electron chi connectivity index (χ3n) is 5.47. The summed E-state index contributed by atoms with van der Waals surface area (Å²) in [5, 5.41) is 11.1. The molecule has 2 aromatic rings. The molecule has 1 saturated heterocycles. The van der Waals surface area contributed by atoms with Crippen LogP contribution in [0.1, 0.15) is 35.6 Å². The Morgan fingerprint density at radius 2 is 2.20 bits per heavy atom. The fraction of sp³-hybridized carbons (Fsp3) is 0.348. The first-order valence-electron chi connectivity index (χ1n) is 10.0. The SMILES string of the molecule is COCCCN1C(=O)C(=O)/C(=C(\O)c2ccc3c(c2)CCCO3)C1c1cccnc1. The lowest BCUT2D eigenvalue weighted by Gasteiger charge is -2.25. The zero-order chi connectivity index (χ0) is 21.1. The van der Waals surface area contributed by atoms with Gasteiger partial charge in [0.2, 0.25) is 0 Å². The molecule has 2 aliphatic heterocycles. The maximum atomic E-state index is 13.0. The summed E-state index contributed by atoms with van der Waals surface area (Å²) in [5.41, 5.74) is 2.25. The molecule has 0 radical (unpaired) electrons. The van der Waals surface area contributed by atoms with Gasteiger partial charge in [-0.1, -0.05) is 6.07 Å². The van der Waals surface area contributed by atoms with Gasteiger partial charge in [0.25, 0.3) is 11.7 Å². The number of ether oxygens (including phenoxy) is 2. The number of hydrogen-bond acceptors (Lipinski definition) is 6. The molecular formula is C23H24N2O5. The van der Waals surface area contributed by atoms with E-state index in [4.69, 9.17) is 9.47 Å². The number of carbonyl (C=O) groups excluding carboxylic acids is 2. The Morgan fingerprint density at radius 1 is 1.33 bits per heavy atom. The van der Waals surface area contributed by atoms with E-state index >= 15 is 0 Å². The van der Waals surface area contributed by atoms with E-state index < -0.39 is 17.7 Å². The number of ketones is 1. The predicted molar refractivity (Wildman–Crippen MR) is 110 cm³/mol. The molecule has 1 aromatic carbocycles. The van der Waals surface area contributed by atoms with Crippen molar-refractivity contribution >= 4 is 17.4 Å². The topological polar surface area (TPSA) is 89.0 Å². The second-order valence-electron chi connectivity index (χ2n) is 7.40. The summed E-state index contributed by atoms with van der Waals surface area (Å²) in [6.45, 7) is 1.48. The summed E-state index contributed by atoms with van der Waals surface area (Å²) in [7, 11) is 1.59. The third-order valence-corrected chi connectivity index (χ3v) is 5.47. The average Bonchev–Trinajstić information content (AvgIpc) is 3.04. The van der Waals surface area contributed by atoms with Crippen molar-refractivity contribution in [3.8, 4) is 5.75 Å². The van der Waals surface area contributed by atoms with E-state index in [1.54, 1.807) is 43.8 Å². The molecular weight excluding hydrogens is 384 g/mol. The quantitative estimate of drug-likeness (QED) is 0.342. The zero-order valence-electron chi connectivity index (χ0n) is 16.8. The van der Waals surface area contributed by atoms with Gasteiger partial charge < -0.3 is 19.5 Å². The van der Waals surface area contributed by atoms with Gasteiger partial charge in [0.15, 0.2) is 0 Å². The Bertz CT molecular complexity index is 986. The van der Waals surface area contributed by atoms with Gasteiger partial charge in [-0.2, -0.15) is 0 Å². The summed E-state index contributed by atoms with van der Waals surface area (Å²) in [5.74, 6) is -0.693. The van der Waals surface area contributed by atoms with E-state index in [-0.39, 0.29) is 11.3 Å². The molecule has 3 heterocycles. The van der Waals surface area contributed by atoms with Crippen LogP contribution in [0.15, 0.2) is 48.3 Å². The van der Waals surface area contributed by atoms with E-state index in [1.165, 1.54) is 4.90 Å². The van der Waals surface area contributed by atoms with Crippen molar-refractivity contribution in [2.45, 2.75) is 25.3 Å². The first-order valence-corrected chi connectivity index (χ1v) is 10.0. The first-order chi connectivity index (χ1) is 14.6. The van der Waals surface area contributed by atoms with Crippen molar-refractivity contribution in [3.05, 3.63) is 65.0 Å². The number of aryl methyl sites for hydroxylation is 1. The first kappa shape index (κ1) is 20.1. The van der Waals surface area contributed by atoms with Crippen LogP contribution in [-0.2, 0) is 20.7 Å². The minimum Gasteiger partial charge on any atom is -0.507 e. The lowest BCUT2D eigenvalue weighted by atomic mass is 9.94. The molecule has 1 fully saturated rings. The number of likely N-dealkylation sites (tertiary alicyclic amines) is 1. The number of rotatable bonds is 6. The Kier molecular flexibility index (Phi) is 5.81. The molecule has 2 aliphatic rings. The van der Waals surface area contributed by atoms with Crippen LogP contribution in [0.3, 0.4) is 0 Å². The number of carbonyl (C=O) groups is 2. The monoisotopic (exact) mass is 408 g/mol. The van der Waals surface area contributed by atoms with Gasteiger partial charge in [-0.25, -0.2) is 0 Å². The second-order valence-corrected chi connectivity index (χ2v) is 7.40. The normalized spacial score (nSPS) is 20.2. The lowest BCUT2D eigenvalue weighted by Crippen LogP contribution is -2.31. The molecule has 0 saturated carbocycles. The molecule has 30 heavy (non-hydrogen) atoms. The maximum Gasteiger partial charge on any atom is 0.295 e. The predicted octanol–water partition coefficient (Wildman–Crippen LogP) is 2.86. The van der Waals surface area contributed by atoms with Crippen molar-refractivity contribution in [3.63, 3.8) is 0 Å². The van der Waals surface area contributed by atoms with Gasteiger partial charge in [-0.3, -0.25) is 14.6 Å².